The molecule has 0 aliphatic heterocycles. The number of Topliss-reactive ketones (excluding diaryl/α,β-unsaturated/α-hetero) is 1. The minimum Gasteiger partial charge on any atom is -0.491 e. The van der Waals surface area contributed by atoms with Crippen LogP contribution in [0.4, 0.5) is 4.39 Å². The normalized spacial score (nSPS) is 12.1. The van der Waals surface area contributed by atoms with Crippen molar-refractivity contribution in [3.05, 3.63) is 60.0 Å². The molecule has 0 aliphatic rings. The van der Waals surface area contributed by atoms with Crippen LogP contribution in [-0.2, 0) is 0 Å². The fourth-order valence-electron chi connectivity index (χ4n) is 2.48. The Morgan fingerprint density at radius 1 is 1.20 bits per heavy atom. The second kappa shape index (κ2) is 7.36. The van der Waals surface area contributed by atoms with Crippen LogP contribution in [0.1, 0.15) is 17.3 Å². The molecule has 0 radical (unpaired) electrons. The minimum atomic E-state index is -0.884. The minimum absolute atomic E-state index is 0.0100. The predicted octanol–water partition coefficient (Wildman–Crippen LogP) is 3.33. The average molecular weight is 343 g/mol. The number of aromatic nitrogens is 1. The number of hydrogen-bond donors (Lipinski definition) is 2. The third kappa shape index (κ3) is 3.97. The Hall–Kier alpha value is -2.86. The van der Waals surface area contributed by atoms with Gasteiger partial charge in [0.25, 0.3) is 0 Å². The molecule has 1 aromatic heterocycles. The van der Waals surface area contributed by atoms with Gasteiger partial charge >= 0.3 is 0 Å². The van der Waals surface area contributed by atoms with Gasteiger partial charge < -0.3 is 19.6 Å². The molecule has 1 unspecified atom stereocenters. The summed E-state index contributed by atoms with van der Waals surface area (Å²) in [6.07, 6.45) is 0.931. The molecule has 2 aromatic carbocycles. The zero-order valence-corrected chi connectivity index (χ0v) is 13.7. The lowest BCUT2D eigenvalue weighted by Crippen LogP contribution is -2.25. The summed E-state index contributed by atoms with van der Waals surface area (Å²) in [6.45, 7) is 1.28. The summed E-state index contributed by atoms with van der Waals surface area (Å²) in [4.78, 5) is 14.3. The van der Waals surface area contributed by atoms with Crippen molar-refractivity contribution in [3.63, 3.8) is 0 Å². The molecular formula is C19H18FNO4. The van der Waals surface area contributed by atoms with Crippen LogP contribution in [0.3, 0.4) is 0 Å². The van der Waals surface area contributed by atoms with Crippen molar-refractivity contribution in [1.82, 2.24) is 4.98 Å². The Labute approximate surface area is 144 Å². The molecule has 6 heteroatoms. The van der Waals surface area contributed by atoms with E-state index >= 15 is 0 Å². The highest BCUT2D eigenvalue weighted by atomic mass is 19.1. The summed E-state index contributed by atoms with van der Waals surface area (Å²) < 4.78 is 24.7. The van der Waals surface area contributed by atoms with Crippen LogP contribution < -0.4 is 9.47 Å². The van der Waals surface area contributed by atoms with E-state index < -0.39 is 11.9 Å². The fourth-order valence-corrected chi connectivity index (χ4v) is 2.48. The first-order valence-corrected chi connectivity index (χ1v) is 7.85. The van der Waals surface area contributed by atoms with E-state index in [1.165, 1.54) is 19.1 Å². The number of carbonyl (C=O) groups excluding carboxylic acids is 1. The smallest absolute Gasteiger partial charge is 0.162 e. The van der Waals surface area contributed by atoms with E-state index in [1.807, 2.05) is 30.5 Å². The van der Waals surface area contributed by atoms with Crippen molar-refractivity contribution >= 4 is 16.7 Å². The van der Waals surface area contributed by atoms with E-state index in [-0.39, 0.29) is 30.3 Å². The van der Waals surface area contributed by atoms with Crippen LogP contribution in [0.2, 0.25) is 0 Å². The van der Waals surface area contributed by atoms with Gasteiger partial charge in [0.15, 0.2) is 5.78 Å². The Bertz CT molecular complexity index is 890. The van der Waals surface area contributed by atoms with Crippen molar-refractivity contribution in [2.75, 3.05) is 13.2 Å². The van der Waals surface area contributed by atoms with Crippen molar-refractivity contribution < 1.29 is 23.8 Å². The van der Waals surface area contributed by atoms with Crippen LogP contribution in [0.5, 0.6) is 11.5 Å². The van der Waals surface area contributed by atoms with Gasteiger partial charge in [0, 0.05) is 23.2 Å². The van der Waals surface area contributed by atoms with E-state index in [0.717, 1.165) is 17.0 Å². The van der Waals surface area contributed by atoms with Crippen molar-refractivity contribution in [2.24, 2.45) is 0 Å². The molecule has 25 heavy (non-hydrogen) atoms. The number of nitrogens with one attached hydrogen (secondary N) is 1. The van der Waals surface area contributed by atoms with Gasteiger partial charge in [-0.05, 0) is 37.3 Å². The molecule has 5 nitrogen and oxygen atoms in total. The molecule has 0 amide bonds. The predicted molar refractivity (Wildman–Crippen MR) is 91.7 cm³/mol. The van der Waals surface area contributed by atoms with Gasteiger partial charge in [-0.2, -0.15) is 0 Å². The number of benzene rings is 2. The number of aromatic amines is 1. The monoisotopic (exact) mass is 343 g/mol. The molecule has 0 aliphatic carbocycles. The van der Waals surface area contributed by atoms with Gasteiger partial charge in [-0.15, -0.1) is 0 Å². The van der Waals surface area contributed by atoms with Gasteiger partial charge in [0.2, 0.25) is 0 Å². The van der Waals surface area contributed by atoms with Gasteiger partial charge in [-0.1, -0.05) is 6.07 Å². The SMILES string of the molecule is CC(=O)c1ccc(OCC(O)COc2cccc3[nH]ccc23)cc1F. The second-order valence-corrected chi connectivity index (χ2v) is 5.67. The van der Waals surface area contributed by atoms with Crippen LogP contribution >= 0.6 is 0 Å². The van der Waals surface area contributed by atoms with Gasteiger partial charge in [0.1, 0.15) is 36.6 Å². The molecule has 3 rings (SSSR count). The zero-order chi connectivity index (χ0) is 17.8. The fraction of sp³-hybridized carbons (Fsp3) is 0.211. The van der Waals surface area contributed by atoms with Gasteiger partial charge in [-0.25, -0.2) is 4.39 Å². The summed E-state index contributed by atoms with van der Waals surface area (Å²) in [6, 6.07) is 11.5. The zero-order valence-electron chi connectivity index (χ0n) is 13.7. The number of aliphatic hydroxyl groups excluding tert-OH is 1. The maximum atomic E-state index is 13.7. The number of rotatable bonds is 7. The molecule has 0 spiro atoms. The third-order valence-electron chi connectivity index (χ3n) is 3.75. The number of carbonyl (C=O) groups is 1. The van der Waals surface area contributed by atoms with E-state index in [2.05, 4.69) is 4.98 Å². The van der Waals surface area contributed by atoms with E-state index in [1.54, 1.807) is 0 Å². The summed E-state index contributed by atoms with van der Waals surface area (Å²) >= 11 is 0. The summed E-state index contributed by atoms with van der Waals surface area (Å²) in [5.41, 5.74) is 0.958. The molecule has 1 atom stereocenters. The molecule has 0 saturated carbocycles. The Morgan fingerprint density at radius 3 is 2.76 bits per heavy atom. The lowest BCUT2D eigenvalue weighted by molar-refractivity contribution is 0.0630. The van der Waals surface area contributed by atoms with Crippen molar-refractivity contribution in [1.29, 1.82) is 0 Å². The number of aliphatic hydroxyl groups is 1. The Kier molecular flexibility index (Phi) is 5.00. The number of halogens is 1. The van der Waals surface area contributed by atoms with Crippen molar-refractivity contribution in [3.8, 4) is 11.5 Å². The lowest BCUT2D eigenvalue weighted by Gasteiger charge is -2.14. The largest absolute Gasteiger partial charge is 0.491 e. The number of ketones is 1. The molecule has 0 bridgehead atoms. The molecule has 130 valence electrons. The summed E-state index contributed by atoms with van der Waals surface area (Å²) in [7, 11) is 0. The first-order valence-electron chi connectivity index (χ1n) is 7.85. The molecule has 2 N–H and O–H groups in total. The average Bonchev–Trinajstić information content (AvgIpc) is 3.07. The number of ether oxygens (including phenoxy) is 2. The lowest BCUT2D eigenvalue weighted by atomic mass is 10.1. The Balaban J connectivity index is 1.54. The molecule has 0 fully saturated rings. The molecule has 0 saturated heterocycles. The topological polar surface area (TPSA) is 71.6 Å². The summed E-state index contributed by atoms with van der Waals surface area (Å²) in [5.74, 6) is -0.0877. The van der Waals surface area contributed by atoms with Crippen molar-refractivity contribution in [2.45, 2.75) is 13.0 Å². The van der Waals surface area contributed by atoms with Crippen LogP contribution in [0, 0.1) is 5.82 Å². The van der Waals surface area contributed by atoms with Gasteiger partial charge in [-0.3, -0.25) is 4.79 Å². The Morgan fingerprint density at radius 2 is 2.00 bits per heavy atom. The van der Waals surface area contributed by atoms with Gasteiger partial charge in [0.05, 0.1) is 5.56 Å². The molecule has 1 heterocycles. The third-order valence-corrected chi connectivity index (χ3v) is 3.75. The molecule has 3 aromatic rings. The van der Waals surface area contributed by atoms with E-state index in [4.69, 9.17) is 9.47 Å². The quantitative estimate of drug-likeness (QED) is 0.646. The maximum absolute atomic E-state index is 13.7. The summed E-state index contributed by atoms with van der Waals surface area (Å²) in [5, 5.41) is 10.9. The standard InChI is InChI=1S/C19H18FNO4/c1-12(22)15-6-5-14(9-17(15)20)24-10-13(23)11-25-19-4-2-3-18-16(19)7-8-21-18/h2-9,13,21,23H,10-11H2,1H3. The van der Waals surface area contributed by atoms with Crippen LogP contribution in [-0.4, -0.2) is 35.2 Å². The highest BCUT2D eigenvalue weighted by Crippen LogP contribution is 2.24. The second-order valence-electron chi connectivity index (χ2n) is 5.67. The van der Waals surface area contributed by atoms with E-state index in [9.17, 15) is 14.3 Å². The first kappa shape index (κ1) is 17.0. The van der Waals surface area contributed by atoms with E-state index in [0.29, 0.717) is 5.75 Å². The van der Waals surface area contributed by atoms with Crippen LogP contribution in [0.25, 0.3) is 10.9 Å². The highest BCUT2D eigenvalue weighted by molar-refractivity contribution is 5.94. The first-order chi connectivity index (χ1) is 12.0. The molecular weight excluding hydrogens is 325 g/mol. The number of fused-ring (bicyclic) bond motifs is 1. The maximum Gasteiger partial charge on any atom is 0.162 e. The highest BCUT2D eigenvalue weighted by Gasteiger charge is 2.11. The van der Waals surface area contributed by atoms with Crippen LogP contribution in [0.15, 0.2) is 48.7 Å². The number of hydrogen-bond acceptors (Lipinski definition) is 4. The number of H-pyrrole nitrogens is 1.